The Labute approximate surface area is 137 Å². The van der Waals surface area contributed by atoms with Crippen molar-refractivity contribution in [1.29, 1.82) is 0 Å². The molecule has 4 nitrogen and oxygen atoms in total. The molecule has 23 heavy (non-hydrogen) atoms. The first-order chi connectivity index (χ1) is 10.9. The van der Waals surface area contributed by atoms with Crippen LogP contribution in [0.3, 0.4) is 0 Å². The third-order valence-electron chi connectivity index (χ3n) is 5.81. The van der Waals surface area contributed by atoms with Crippen LogP contribution in [0.2, 0.25) is 0 Å². The van der Waals surface area contributed by atoms with Crippen LogP contribution in [0, 0.1) is 24.2 Å². The molecule has 1 heterocycles. The number of piperidine rings is 1. The van der Waals surface area contributed by atoms with Crippen molar-refractivity contribution >= 4 is 15.8 Å². The molecule has 122 valence electrons. The summed E-state index contributed by atoms with van der Waals surface area (Å²) in [5, 5.41) is 0. The molecule has 0 amide bonds. The topological polar surface area (TPSA) is 54.5 Å². The van der Waals surface area contributed by atoms with E-state index in [4.69, 9.17) is 0 Å². The van der Waals surface area contributed by atoms with Gasteiger partial charge < -0.3 is 0 Å². The third kappa shape index (κ3) is 2.21. The number of carbonyl (C=O) groups excluding carboxylic acids is 1. The average Bonchev–Trinajstić information content (AvgIpc) is 2.54. The zero-order valence-corrected chi connectivity index (χ0v) is 14.1. The maximum Gasteiger partial charge on any atom is 0.243 e. The number of hydrogen-bond donors (Lipinski definition) is 0. The summed E-state index contributed by atoms with van der Waals surface area (Å²) in [6, 6.07) is 7.00. The SMILES string of the molecule is Cc1ccc(S(=O)(=O)N2CCC34C=CC(CC3=O)CC4C2)cc1. The lowest BCUT2D eigenvalue weighted by Gasteiger charge is -2.51. The predicted molar refractivity (Wildman–Crippen MR) is 87.3 cm³/mol. The molecule has 1 saturated heterocycles. The number of sulfonamides is 1. The van der Waals surface area contributed by atoms with E-state index in [-0.39, 0.29) is 5.92 Å². The van der Waals surface area contributed by atoms with E-state index >= 15 is 0 Å². The molecule has 3 unspecified atom stereocenters. The summed E-state index contributed by atoms with van der Waals surface area (Å²) in [5.74, 6) is 0.748. The number of aryl methyl sites for hydroxylation is 1. The molecule has 1 aromatic rings. The lowest BCUT2D eigenvalue weighted by Crippen LogP contribution is -2.56. The van der Waals surface area contributed by atoms with Crippen LogP contribution in [-0.2, 0) is 14.8 Å². The van der Waals surface area contributed by atoms with Crippen molar-refractivity contribution in [2.45, 2.75) is 31.1 Å². The average molecular weight is 331 g/mol. The first-order valence-electron chi connectivity index (χ1n) is 8.21. The van der Waals surface area contributed by atoms with E-state index in [0.29, 0.717) is 42.5 Å². The number of allylic oxidation sites excluding steroid dienone is 2. The smallest absolute Gasteiger partial charge is 0.243 e. The van der Waals surface area contributed by atoms with Crippen LogP contribution in [0.5, 0.6) is 0 Å². The fourth-order valence-electron chi connectivity index (χ4n) is 4.39. The Morgan fingerprint density at radius 2 is 1.96 bits per heavy atom. The normalized spacial score (nSPS) is 33.7. The highest BCUT2D eigenvalue weighted by molar-refractivity contribution is 7.89. The molecule has 0 radical (unpaired) electrons. The van der Waals surface area contributed by atoms with Crippen molar-refractivity contribution in [3.05, 3.63) is 42.0 Å². The second-order valence-electron chi connectivity index (χ2n) is 7.15. The highest BCUT2D eigenvalue weighted by atomic mass is 32.2. The number of Topliss-reactive ketones (excluding diaryl/α,β-unsaturated/α-hetero) is 1. The Hall–Kier alpha value is -1.46. The second kappa shape index (κ2) is 5.02. The molecule has 2 bridgehead atoms. The van der Waals surface area contributed by atoms with E-state index in [1.807, 2.05) is 19.1 Å². The van der Waals surface area contributed by atoms with Crippen LogP contribution < -0.4 is 0 Å². The molecule has 0 aromatic heterocycles. The van der Waals surface area contributed by atoms with E-state index in [2.05, 4.69) is 12.2 Å². The zero-order chi connectivity index (χ0) is 16.2. The predicted octanol–water partition coefficient (Wildman–Crippen LogP) is 2.54. The lowest BCUT2D eigenvalue weighted by molar-refractivity contribution is -0.137. The van der Waals surface area contributed by atoms with Crippen molar-refractivity contribution < 1.29 is 13.2 Å². The van der Waals surface area contributed by atoms with Crippen molar-refractivity contribution in [3.63, 3.8) is 0 Å². The maximum absolute atomic E-state index is 12.9. The van der Waals surface area contributed by atoms with Crippen molar-refractivity contribution in [1.82, 2.24) is 4.31 Å². The number of carbonyl (C=O) groups is 1. The van der Waals surface area contributed by atoms with Gasteiger partial charge in [-0.1, -0.05) is 29.8 Å². The van der Waals surface area contributed by atoms with E-state index in [9.17, 15) is 13.2 Å². The fraction of sp³-hybridized carbons (Fsp3) is 0.500. The van der Waals surface area contributed by atoms with E-state index in [1.54, 1.807) is 16.4 Å². The molecule has 1 aromatic carbocycles. The number of nitrogens with zero attached hydrogens (tertiary/aromatic N) is 1. The van der Waals surface area contributed by atoms with Gasteiger partial charge in [-0.25, -0.2) is 8.42 Å². The standard InChI is InChI=1S/C18H21NO3S/c1-13-2-4-16(5-3-13)23(21,22)19-9-8-18-7-6-14(11-17(18)20)10-15(18)12-19/h2-7,14-15H,8-12H2,1H3. The van der Waals surface area contributed by atoms with Crippen LogP contribution in [-0.4, -0.2) is 31.6 Å². The molecule has 0 N–H and O–H groups in total. The van der Waals surface area contributed by atoms with Crippen LogP contribution in [0.4, 0.5) is 0 Å². The Bertz CT molecular complexity index is 781. The summed E-state index contributed by atoms with van der Waals surface area (Å²) >= 11 is 0. The van der Waals surface area contributed by atoms with Gasteiger partial charge >= 0.3 is 0 Å². The number of ketones is 1. The first kappa shape index (κ1) is 15.1. The Kier molecular flexibility index (Phi) is 3.29. The molecular formula is C18H21NO3S. The molecule has 5 rings (SSSR count). The lowest BCUT2D eigenvalue weighted by atomic mass is 9.56. The van der Waals surface area contributed by atoms with Gasteiger partial charge in [-0.2, -0.15) is 4.31 Å². The monoisotopic (exact) mass is 331 g/mol. The van der Waals surface area contributed by atoms with E-state index < -0.39 is 15.4 Å². The molecule has 3 aliphatic carbocycles. The molecule has 1 aliphatic heterocycles. The molecule has 1 saturated carbocycles. The van der Waals surface area contributed by atoms with Gasteiger partial charge in [-0.15, -0.1) is 0 Å². The quantitative estimate of drug-likeness (QED) is 0.783. The van der Waals surface area contributed by atoms with E-state index in [0.717, 1.165) is 12.0 Å². The van der Waals surface area contributed by atoms with Crippen LogP contribution in [0.25, 0.3) is 0 Å². The maximum atomic E-state index is 12.9. The summed E-state index contributed by atoms with van der Waals surface area (Å²) in [5.41, 5.74) is 0.649. The number of fused-ring (bicyclic) bond motifs is 1. The van der Waals surface area contributed by atoms with Crippen LogP contribution >= 0.6 is 0 Å². The van der Waals surface area contributed by atoms with Crippen LogP contribution in [0.15, 0.2) is 41.3 Å². The van der Waals surface area contributed by atoms with Gasteiger partial charge in [0.2, 0.25) is 10.0 Å². The minimum Gasteiger partial charge on any atom is -0.299 e. The number of rotatable bonds is 2. The summed E-state index contributed by atoms with van der Waals surface area (Å²) in [7, 11) is -3.47. The van der Waals surface area contributed by atoms with Gasteiger partial charge in [0.05, 0.1) is 10.3 Å². The Morgan fingerprint density at radius 3 is 2.65 bits per heavy atom. The third-order valence-corrected chi connectivity index (χ3v) is 7.69. The summed E-state index contributed by atoms with van der Waals surface area (Å²) < 4.78 is 27.3. The molecule has 1 spiro atoms. The molecule has 4 aliphatic rings. The van der Waals surface area contributed by atoms with Crippen molar-refractivity contribution in [3.8, 4) is 0 Å². The van der Waals surface area contributed by atoms with Crippen LogP contribution in [0.1, 0.15) is 24.8 Å². The second-order valence-corrected chi connectivity index (χ2v) is 9.08. The van der Waals surface area contributed by atoms with Gasteiger partial charge in [-0.05, 0) is 43.7 Å². The highest BCUT2D eigenvalue weighted by Gasteiger charge is 2.54. The summed E-state index contributed by atoms with van der Waals surface area (Å²) in [4.78, 5) is 12.8. The first-order valence-corrected chi connectivity index (χ1v) is 9.65. The Balaban J connectivity index is 1.63. The fourth-order valence-corrected chi connectivity index (χ4v) is 5.87. The number of benzene rings is 1. The van der Waals surface area contributed by atoms with Gasteiger partial charge in [-0.3, -0.25) is 4.79 Å². The highest BCUT2D eigenvalue weighted by Crippen LogP contribution is 2.52. The molecule has 2 fully saturated rings. The Morgan fingerprint density at radius 1 is 1.22 bits per heavy atom. The minimum atomic E-state index is -3.47. The van der Waals surface area contributed by atoms with Gasteiger partial charge in [0.15, 0.2) is 0 Å². The van der Waals surface area contributed by atoms with Crippen molar-refractivity contribution in [2.75, 3.05) is 13.1 Å². The van der Waals surface area contributed by atoms with Crippen molar-refractivity contribution in [2.24, 2.45) is 17.3 Å². The molecule has 5 heteroatoms. The molecule has 3 atom stereocenters. The van der Waals surface area contributed by atoms with Gasteiger partial charge in [0.25, 0.3) is 0 Å². The minimum absolute atomic E-state index is 0.132. The molecular weight excluding hydrogens is 310 g/mol. The van der Waals surface area contributed by atoms with E-state index in [1.165, 1.54) is 0 Å². The largest absolute Gasteiger partial charge is 0.299 e. The summed E-state index contributed by atoms with van der Waals surface area (Å²) in [6.07, 6.45) is 6.43. The summed E-state index contributed by atoms with van der Waals surface area (Å²) in [6.45, 7) is 2.83. The zero-order valence-electron chi connectivity index (χ0n) is 13.2. The number of hydrogen-bond acceptors (Lipinski definition) is 3. The van der Waals surface area contributed by atoms with Gasteiger partial charge in [0, 0.05) is 19.5 Å². The van der Waals surface area contributed by atoms with Gasteiger partial charge in [0.1, 0.15) is 5.78 Å².